The Morgan fingerprint density at radius 3 is 1.80 bits per heavy atom. The Morgan fingerprint density at radius 2 is 1.35 bits per heavy atom. The Balaban J connectivity index is 2.99. The lowest BCUT2D eigenvalue weighted by Gasteiger charge is -2.03. The highest BCUT2D eigenvalue weighted by Crippen LogP contribution is 2.11. The zero-order valence-electron chi connectivity index (χ0n) is 13.0. The van der Waals surface area contributed by atoms with Crippen LogP contribution in [0.1, 0.15) is 84.0 Å². The largest absolute Gasteiger partial charge is 0.466 e. The molecule has 4 heteroatoms. The monoisotopic (exact) mass is 282 g/mol. The van der Waals surface area contributed by atoms with E-state index >= 15 is 0 Å². The van der Waals surface area contributed by atoms with Gasteiger partial charge in [0.25, 0.3) is 6.21 Å². The number of carbonyl (C=O) groups is 1. The third kappa shape index (κ3) is 16.9. The van der Waals surface area contributed by atoms with Crippen LogP contribution in [-0.4, -0.2) is 23.6 Å². The van der Waals surface area contributed by atoms with E-state index in [1.165, 1.54) is 64.7 Å². The van der Waals surface area contributed by atoms with Crippen molar-refractivity contribution in [1.29, 1.82) is 0 Å². The molecule has 0 bridgehead atoms. The van der Waals surface area contributed by atoms with Gasteiger partial charge < -0.3 is 10.3 Å². The van der Waals surface area contributed by atoms with Crippen molar-refractivity contribution < 1.29 is 14.3 Å². The summed E-state index contributed by atoms with van der Waals surface area (Å²) < 4.78 is 4.89. The van der Waals surface area contributed by atoms with E-state index in [2.05, 4.69) is 4.79 Å². The van der Waals surface area contributed by atoms with Gasteiger partial charge in [-0.05, 0) is 12.8 Å². The first-order valence-electron chi connectivity index (χ1n) is 8.06. The van der Waals surface area contributed by atoms with Crippen LogP contribution in [0.25, 0.3) is 5.53 Å². The van der Waals surface area contributed by atoms with Crippen molar-refractivity contribution >= 4 is 12.2 Å². The predicted octanol–water partition coefficient (Wildman–Crippen LogP) is 4.53. The van der Waals surface area contributed by atoms with E-state index in [1.54, 1.807) is 6.21 Å². The van der Waals surface area contributed by atoms with Crippen LogP contribution in [0.4, 0.5) is 0 Å². The van der Waals surface area contributed by atoms with Gasteiger partial charge >= 0.3 is 5.97 Å². The molecule has 0 aromatic heterocycles. The van der Waals surface area contributed by atoms with Gasteiger partial charge in [0.2, 0.25) is 0 Å². The van der Waals surface area contributed by atoms with E-state index in [9.17, 15) is 4.79 Å². The van der Waals surface area contributed by atoms with Crippen molar-refractivity contribution in [2.24, 2.45) is 0 Å². The number of rotatable bonds is 14. The molecular weight excluding hydrogens is 252 g/mol. The molecule has 4 nitrogen and oxygen atoms in total. The van der Waals surface area contributed by atoms with E-state index in [0.29, 0.717) is 6.61 Å². The molecule has 0 amide bonds. The number of unbranched alkanes of at least 4 members (excludes halogenated alkanes) is 11. The number of hydrogen-bond donors (Lipinski definition) is 0. The molecule has 0 aliphatic heterocycles. The molecule has 0 radical (unpaired) electrons. The second-order valence-electron chi connectivity index (χ2n) is 5.32. The lowest BCUT2D eigenvalue weighted by atomic mass is 10.1. The van der Waals surface area contributed by atoms with Crippen LogP contribution in [0.15, 0.2) is 0 Å². The molecule has 116 valence electrons. The van der Waals surface area contributed by atoms with Crippen molar-refractivity contribution in [1.82, 2.24) is 0 Å². The third-order valence-electron chi connectivity index (χ3n) is 3.36. The standard InChI is InChI=1S/C16H30N2O2/c1-16(19)20-15-13-11-9-7-5-3-2-4-6-8-10-12-14-18-17/h14H,2-13,15H2,1H3. The Hall–Kier alpha value is -1.15. The molecule has 0 heterocycles. The molecule has 20 heavy (non-hydrogen) atoms. The second kappa shape index (κ2) is 15.9. The predicted molar refractivity (Wildman–Crippen MR) is 81.7 cm³/mol. The van der Waals surface area contributed by atoms with Crippen molar-refractivity contribution in [3.8, 4) is 0 Å². The van der Waals surface area contributed by atoms with E-state index in [1.807, 2.05) is 0 Å². The number of esters is 1. The molecule has 0 saturated heterocycles. The molecule has 0 fully saturated rings. The molecule has 0 spiro atoms. The minimum atomic E-state index is -0.173. The summed E-state index contributed by atoms with van der Waals surface area (Å²) in [4.78, 5) is 13.5. The topological polar surface area (TPSA) is 62.7 Å². The maximum atomic E-state index is 10.5. The lowest BCUT2D eigenvalue weighted by molar-refractivity contribution is -0.141. The molecular formula is C16H30N2O2. The van der Waals surface area contributed by atoms with E-state index in [0.717, 1.165) is 19.3 Å². The van der Waals surface area contributed by atoms with Crippen molar-refractivity contribution in [3.05, 3.63) is 5.53 Å². The van der Waals surface area contributed by atoms with Gasteiger partial charge in [-0.2, -0.15) is 4.79 Å². The van der Waals surface area contributed by atoms with Crippen LogP contribution in [-0.2, 0) is 9.53 Å². The highest BCUT2D eigenvalue weighted by atomic mass is 16.5. The van der Waals surface area contributed by atoms with Crippen LogP contribution in [0, 0.1) is 0 Å². The van der Waals surface area contributed by atoms with Gasteiger partial charge in [0.1, 0.15) is 0 Å². The number of nitrogens with zero attached hydrogens (tertiary/aromatic N) is 2. The summed E-state index contributed by atoms with van der Waals surface area (Å²) in [6, 6.07) is 0. The number of hydrogen-bond acceptors (Lipinski definition) is 2. The van der Waals surface area contributed by atoms with E-state index in [-0.39, 0.29) is 5.97 Å². The maximum absolute atomic E-state index is 10.5. The molecule has 0 aromatic rings. The zero-order valence-corrected chi connectivity index (χ0v) is 13.0. The maximum Gasteiger partial charge on any atom is 0.302 e. The average Bonchev–Trinajstić information content (AvgIpc) is 2.43. The highest BCUT2D eigenvalue weighted by Gasteiger charge is 1.95. The first-order chi connectivity index (χ1) is 9.77. The Kier molecular flexibility index (Phi) is 15.0. The normalized spacial score (nSPS) is 10.1. The van der Waals surface area contributed by atoms with Crippen LogP contribution in [0.3, 0.4) is 0 Å². The third-order valence-corrected chi connectivity index (χ3v) is 3.36. The Labute approximate surface area is 123 Å². The summed E-state index contributed by atoms with van der Waals surface area (Å²) >= 11 is 0. The van der Waals surface area contributed by atoms with Gasteiger partial charge in [-0.3, -0.25) is 4.79 Å². The summed E-state index contributed by atoms with van der Waals surface area (Å²) in [6.07, 6.45) is 16.2. The number of ether oxygens (including phenoxy) is 1. The summed E-state index contributed by atoms with van der Waals surface area (Å²) in [7, 11) is 0. The molecule has 0 aliphatic carbocycles. The van der Waals surface area contributed by atoms with Gasteiger partial charge in [0.15, 0.2) is 0 Å². The minimum absolute atomic E-state index is 0.173. The summed E-state index contributed by atoms with van der Waals surface area (Å²) in [5.41, 5.74) is 8.23. The summed E-state index contributed by atoms with van der Waals surface area (Å²) in [5, 5.41) is 0. The van der Waals surface area contributed by atoms with Crippen LogP contribution >= 0.6 is 0 Å². The van der Waals surface area contributed by atoms with Gasteiger partial charge in [0.05, 0.1) is 6.61 Å². The van der Waals surface area contributed by atoms with Gasteiger partial charge in [-0.15, -0.1) is 0 Å². The first-order valence-corrected chi connectivity index (χ1v) is 8.06. The fourth-order valence-corrected chi connectivity index (χ4v) is 2.20. The molecule has 0 N–H and O–H groups in total. The molecule has 0 atom stereocenters. The SMILES string of the molecule is CC(=O)OCCCCCCCCCCCCCC=[N+]=[N-]. The Morgan fingerprint density at radius 1 is 0.900 bits per heavy atom. The summed E-state index contributed by atoms with van der Waals surface area (Å²) in [5.74, 6) is -0.173. The Bertz CT molecular complexity index is 260. The molecule has 0 aliphatic rings. The smallest absolute Gasteiger partial charge is 0.302 e. The van der Waals surface area contributed by atoms with Gasteiger partial charge in [0, 0.05) is 13.3 Å². The zero-order chi connectivity index (χ0) is 14.9. The molecule has 0 rings (SSSR count). The van der Waals surface area contributed by atoms with Crippen molar-refractivity contribution in [2.75, 3.05) is 6.61 Å². The fourth-order valence-electron chi connectivity index (χ4n) is 2.20. The van der Waals surface area contributed by atoms with Gasteiger partial charge in [-0.1, -0.05) is 57.8 Å². The van der Waals surface area contributed by atoms with E-state index in [4.69, 9.17) is 10.3 Å². The molecule has 0 saturated carbocycles. The molecule has 0 aromatic carbocycles. The lowest BCUT2D eigenvalue weighted by Crippen LogP contribution is -2.00. The quantitative estimate of drug-likeness (QED) is 0.154. The second-order valence-corrected chi connectivity index (χ2v) is 5.32. The van der Waals surface area contributed by atoms with Crippen molar-refractivity contribution in [2.45, 2.75) is 84.0 Å². The molecule has 0 unspecified atom stereocenters. The number of carbonyl (C=O) groups excluding carboxylic acids is 1. The van der Waals surface area contributed by atoms with E-state index < -0.39 is 0 Å². The van der Waals surface area contributed by atoms with Crippen LogP contribution in [0.5, 0.6) is 0 Å². The minimum Gasteiger partial charge on any atom is -0.466 e. The van der Waals surface area contributed by atoms with Crippen LogP contribution in [0.2, 0.25) is 0 Å². The first kappa shape index (κ1) is 18.9. The average molecular weight is 282 g/mol. The van der Waals surface area contributed by atoms with Crippen molar-refractivity contribution in [3.63, 3.8) is 0 Å². The summed E-state index contributed by atoms with van der Waals surface area (Å²) in [6.45, 7) is 2.04. The highest BCUT2D eigenvalue weighted by molar-refractivity contribution is 5.65. The van der Waals surface area contributed by atoms with Crippen LogP contribution < -0.4 is 0 Å². The fraction of sp³-hybridized carbons (Fsp3) is 0.875. The van der Waals surface area contributed by atoms with Gasteiger partial charge in [-0.25, -0.2) is 0 Å².